The molecule has 0 fully saturated rings. The number of amides is 1. The van der Waals surface area contributed by atoms with Crippen LogP contribution >= 0.6 is 0 Å². The van der Waals surface area contributed by atoms with Crippen molar-refractivity contribution in [3.05, 3.63) is 34.9 Å². The average Bonchev–Trinajstić information content (AvgIpc) is 2.38. The number of carbonyl (C=O) groups excluding carboxylic acids is 1. The van der Waals surface area contributed by atoms with Gasteiger partial charge in [0.2, 0.25) is 0 Å². The van der Waals surface area contributed by atoms with Crippen LogP contribution in [0.4, 0.5) is 17.6 Å². The first-order valence-corrected chi connectivity index (χ1v) is 6.01. The summed E-state index contributed by atoms with van der Waals surface area (Å²) in [4.78, 5) is 22.7. The van der Waals surface area contributed by atoms with Gasteiger partial charge in [0, 0.05) is 0 Å². The van der Waals surface area contributed by atoms with Crippen molar-refractivity contribution in [2.75, 3.05) is 0 Å². The average molecular weight is 307 g/mol. The van der Waals surface area contributed by atoms with Crippen LogP contribution in [0.3, 0.4) is 0 Å². The highest BCUT2D eigenvalue weighted by atomic mass is 19.2. The van der Waals surface area contributed by atoms with Crippen LogP contribution in [-0.4, -0.2) is 23.0 Å². The summed E-state index contributed by atoms with van der Waals surface area (Å²) < 4.78 is 52.2. The molecule has 2 N–H and O–H groups in total. The Labute approximate surface area is 117 Å². The number of carbonyl (C=O) groups is 2. The Morgan fingerprint density at radius 1 is 1.14 bits per heavy atom. The van der Waals surface area contributed by atoms with E-state index in [4.69, 9.17) is 5.11 Å². The van der Waals surface area contributed by atoms with E-state index >= 15 is 0 Å². The Bertz CT molecular complexity index is 575. The lowest BCUT2D eigenvalue weighted by atomic mass is 10.0. The normalized spacial score (nSPS) is 12.3. The minimum atomic E-state index is -2.13. The first-order chi connectivity index (χ1) is 9.65. The monoisotopic (exact) mass is 307 g/mol. The molecule has 0 aliphatic heterocycles. The molecule has 0 saturated heterocycles. The fraction of sp³-hybridized carbons (Fsp3) is 0.385. The first-order valence-electron chi connectivity index (χ1n) is 6.01. The van der Waals surface area contributed by atoms with Crippen molar-refractivity contribution < 1.29 is 32.3 Å². The van der Waals surface area contributed by atoms with Crippen molar-refractivity contribution in [1.82, 2.24) is 5.32 Å². The first kappa shape index (κ1) is 16.9. The topological polar surface area (TPSA) is 66.4 Å². The molecule has 0 radical (unpaired) electrons. The van der Waals surface area contributed by atoms with Crippen molar-refractivity contribution in [3.63, 3.8) is 0 Å². The highest BCUT2D eigenvalue weighted by Crippen LogP contribution is 2.19. The van der Waals surface area contributed by atoms with Gasteiger partial charge < -0.3 is 10.4 Å². The molecule has 21 heavy (non-hydrogen) atoms. The van der Waals surface area contributed by atoms with E-state index < -0.39 is 46.8 Å². The smallest absolute Gasteiger partial charge is 0.326 e. The van der Waals surface area contributed by atoms with Gasteiger partial charge in [-0.05, 0) is 18.4 Å². The molecular formula is C13H13F4NO3. The predicted molar refractivity (Wildman–Crippen MR) is 64.6 cm³/mol. The van der Waals surface area contributed by atoms with E-state index in [2.05, 4.69) is 0 Å². The third kappa shape index (κ3) is 3.93. The largest absolute Gasteiger partial charge is 0.480 e. The summed E-state index contributed by atoms with van der Waals surface area (Å²) in [6, 6.07) is -1.18. The van der Waals surface area contributed by atoms with Gasteiger partial charge in [-0.1, -0.05) is 13.8 Å². The molecule has 0 saturated carbocycles. The third-order valence-corrected chi connectivity index (χ3v) is 2.66. The molecule has 1 aromatic rings. The van der Waals surface area contributed by atoms with Crippen LogP contribution in [0, 0.1) is 29.2 Å². The third-order valence-electron chi connectivity index (χ3n) is 2.66. The lowest BCUT2D eigenvalue weighted by molar-refractivity contribution is -0.139. The summed E-state index contributed by atoms with van der Waals surface area (Å²) in [6.07, 6.45) is 0.0366. The summed E-state index contributed by atoms with van der Waals surface area (Å²) in [6.45, 7) is 3.39. The van der Waals surface area contributed by atoms with E-state index in [1.54, 1.807) is 13.8 Å². The van der Waals surface area contributed by atoms with Crippen LogP contribution in [0.25, 0.3) is 0 Å². The second kappa shape index (κ2) is 6.55. The fourth-order valence-corrected chi connectivity index (χ4v) is 1.67. The Balaban J connectivity index is 3.06. The van der Waals surface area contributed by atoms with Crippen molar-refractivity contribution in [1.29, 1.82) is 0 Å². The number of benzene rings is 1. The van der Waals surface area contributed by atoms with Gasteiger partial charge in [-0.25, -0.2) is 22.4 Å². The van der Waals surface area contributed by atoms with E-state index in [0.717, 1.165) is 0 Å². The summed E-state index contributed by atoms with van der Waals surface area (Å²) in [5.74, 6) is -10.6. The number of rotatable bonds is 5. The van der Waals surface area contributed by atoms with Gasteiger partial charge >= 0.3 is 5.97 Å². The van der Waals surface area contributed by atoms with Crippen LogP contribution in [0.2, 0.25) is 0 Å². The van der Waals surface area contributed by atoms with Crippen molar-refractivity contribution in [3.8, 4) is 0 Å². The zero-order valence-electron chi connectivity index (χ0n) is 11.2. The van der Waals surface area contributed by atoms with Gasteiger partial charge in [0.05, 0.1) is 5.56 Å². The molecule has 0 aliphatic rings. The van der Waals surface area contributed by atoms with Gasteiger partial charge in [0.25, 0.3) is 5.91 Å². The van der Waals surface area contributed by atoms with Gasteiger partial charge in [0.1, 0.15) is 6.04 Å². The molecule has 4 nitrogen and oxygen atoms in total. The Kier molecular flexibility index (Phi) is 5.28. The zero-order chi connectivity index (χ0) is 16.3. The lowest BCUT2D eigenvalue weighted by Gasteiger charge is -2.16. The second-order valence-corrected chi connectivity index (χ2v) is 4.84. The summed E-state index contributed by atoms with van der Waals surface area (Å²) >= 11 is 0. The van der Waals surface area contributed by atoms with Crippen LogP contribution in [0.15, 0.2) is 6.07 Å². The molecule has 8 heteroatoms. The van der Waals surface area contributed by atoms with E-state index in [1.165, 1.54) is 0 Å². The molecule has 0 spiro atoms. The molecule has 0 unspecified atom stereocenters. The van der Waals surface area contributed by atoms with E-state index in [-0.39, 0.29) is 18.4 Å². The number of halogens is 4. The highest BCUT2D eigenvalue weighted by Gasteiger charge is 2.27. The van der Waals surface area contributed by atoms with Crippen LogP contribution in [-0.2, 0) is 4.79 Å². The number of nitrogens with one attached hydrogen (secondary N) is 1. The second-order valence-electron chi connectivity index (χ2n) is 4.84. The van der Waals surface area contributed by atoms with Gasteiger partial charge in [0.15, 0.2) is 23.3 Å². The maximum absolute atomic E-state index is 13.4. The SMILES string of the molecule is CC(C)C[C@H](NC(=O)c1cc(F)c(F)c(F)c1F)C(=O)O. The van der Waals surface area contributed by atoms with Gasteiger partial charge in [-0.15, -0.1) is 0 Å². The molecule has 1 aromatic carbocycles. The van der Waals surface area contributed by atoms with Crippen LogP contribution < -0.4 is 5.32 Å². The molecule has 0 aliphatic carbocycles. The standard InChI is InChI=1S/C13H13F4NO3/c1-5(2)3-8(13(20)21)18-12(19)6-4-7(14)10(16)11(17)9(6)15/h4-5,8H,3H2,1-2H3,(H,18,19)(H,20,21)/t8-/m0/s1. The number of hydrogen-bond donors (Lipinski definition) is 2. The Morgan fingerprint density at radius 3 is 2.19 bits per heavy atom. The molecular weight excluding hydrogens is 294 g/mol. The van der Waals surface area contributed by atoms with Gasteiger partial charge in [-0.2, -0.15) is 0 Å². The molecule has 0 heterocycles. The summed E-state index contributed by atoms with van der Waals surface area (Å²) in [5, 5.41) is 10.9. The fourth-order valence-electron chi connectivity index (χ4n) is 1.67. The number of aliphatic carboxylic acids is 1. The highest BCUT2D eigenvalue weighted by molar-refractivity contribution is 5.96. The van der Waals surface area contributed by atoms with Crippen molar-refractivity contribution in [2.45, 2.75) is 26.3 Å². The quantitative estimate of drug-likeness (QED) is 0.499. The molecule has 116 valence electrons. The van der Waals surface area contributed by atoms with E-state index in [0.29, 0.717) is 0 Å². The number of hydrogen-bond acceptors (Lipinski definition) is 2. The van der Waals surface area contributed by atoms with Crippen LogP contribution in [0.5, 0.6) is 0 Å². The summed E-state index contributed by atoms with van der Waals surface area (Å²) in [5.41, 5.74) is -1.10. The Hall–Kier alpha value is -2.12. The van der Waals surface area contributed by atoms with Gasteiger partial charge in [-0.3, -0.25) is 4.79 Å². The molecule has 0 aromatic heterocycles. The number of carboxylic acids is 1. The Morgan fingerprint density at radius 2 is 1.71 bits per heavy atom. The number of carboxylic acid groups (broad SMARTS) is 1. The summed E-state index contributed by atoms with van der Waals surface area (Å²) in [7, 11) is 0. The molecule has 0 bridgehead atoms. The zero-order valence-corrected chi connectivity index (χ0v) is 11.2. The minimum absolute atomic E-state index is 0.0366. The lowest BCUT2D eigenvalue weighted by Crippen LogP contribution is -2.42. The molecule has 1 atom stereocenters. The maximum Gasteiger partial charge on any atom is 0.326 e. The predicted octanol–water partition coefficient (Wildman–Crippen LogP) is 2.47. The van der Waals surface area contributed by atoms with E-state index in [9.17, 15) is 27.2 Å². The van der Waals surface area contributed by atoms with E-state index in [1.807, 2.05) is 5.32 Å². The van der Waals surface area contributed by atoms with Crippen molar-refractivity contribution >= 4 is 11.9 Å². The van der Waals surface area contributed by atoms with Crippen LogP contribution in [0.1, 0.15) is 30.6 Å². The minimum Gasteiger partial charge on any atom is -0.480 e. The molecule has 1 rings (SSSR count). The maximum atomic E-state index is 13.4. The molecule has 1 amide bonds. The van der Waals surface area contributed by atoms with Crippen molar-refractivity contribution in [2.24, 2.45) is 5.92 Å².